The van der Waals surface area contributed by atoms with Crippen molar-refractivity contribution >= 4 is 6.98 Å². The van der Waals surface area contributed by atoms with Gasteiger partial charge in [-0.05, 0) is 0 Å². The van der Waals surface area contributed by atoms with Crippen LogP contribution in [0.3, 0.4) is 0 Å². The highest BCUT2D eigenvalue weighted by atomic mass is 19.4. The third-order valence-electron chi connectivity index (χ3n) is 2.68. The first-order valence-corrected chi connectivity index (χ1v) is 4.80. The molecule has 1 fully saturated rings. The Morgan fingerprint density at radius 3 is 1.58 bits per heavy atom. The molecule has 0 radical (unpaired) electrons. The van der Waals surface area contributed by atoms with Crippen LogP contribution in [0.5, 0.6) is 0 Å². The molecular weight excluding hydrogens is 164 g/mol. The zero-order valence-electron chi connectivity index (χ0n) is 7.24. The van der Waals surface area contributed by atoms with Crippen LogP contribution < -0.4 is 0 Å². The molecule has 0 heterocycles. The molecule has 0 aliphatic heterocycles. The van der Waals surface area contributed by atoms with Crippen molar-refractivity contribution in [1.29, 1.82) is 0 Å². The van der Waals surface area contributed by atoms with Crippen molar-refractivity contribution in [3.05, 3.63) is 0 Å². The van der Waals surface area contributed by atoms with Crippen LogP contribution in [0.4, 0.5) is 12.9 Å². The van der Waals surface area contributed by atoms with E-state index in [0.717, 1.165) is 32.1 Å². The Morgan fingerprint density at radius 1 is 0.750 bits per heavy atom. The minimum atomic E-state index is -4.56. The molecule has 1 rings (SSSR count). The summed E-state index contributed by atoms with van der Waals surface area (Å²) in [4.78, 5) is 0. The normalized spacial score (nSPS) is 23.2. The summed E-state index contributed by atoms with van der Waals surface area (Å²) >= 11 is 0. The number of hydrogen-bond donors (Lipinski definition) is 0. The van der Waals surface area contributed by atoms with Crippen LogP contribution in [0.25, 0.3) is 0 Å². The molecule has 1 aliphatic carbocycles. The van der Waals surface area contributed by atoms with Gasteiger partial charge in [-0.2, -0.15) is 0 Å². The van der Waals surface area contributed by atoms with E-state index in [1.165, 1.54) is 0 Å². The van der Waals surface area contributed by atoms with Gasteiger partial charge in [0.25, 0.3) is 0 Å². The summed E-state index contributed by atoms with van der Waals surface area (Å²) in [6, 6.07) is 0. The first-order chi connectivity index (χ1) is 5.61. The van der Waals surface area contributed by atoms with Crippen LogP contribution in [-0.2, 0) is 0 Å². The lowest BCUT2D eigenvalue weighted by Crippen LogP contribution is -2.24. The Morgan fingerprint density at radius 2 is 1.17 bits per heavy atom. The van der Waals surface area contributed by atoms with Crippen LogP contribution in [0.15, 0.2) is 0 Å². The molecule has 0 atom stereocenters. The Labute approximate surface area is 71.6 Å². The zero-order valence-corrected chi connectivity index (χ0v) is 7.24. The predicted octanol–water partition coefficient (Wildman–Crippen LogP) is 3.95. The van der Waals surface area contributed by atoms with Crippen molar-refractivity contribution in [2.75, 3.05) is 0 Å². The molecule has 0 saturated heterocycles. The molecule has 0 bridgehead atoms. The van der Waals surface area contributed by atoms with E-state index in [4.69, 9.17) is 0 Å². The van der Waals surface area contributed by atoms with E-state index in [9.17, 15) is 12.9 Å². The Kier molecular flexibility index (Phi) is 3.47. The van der Waals surface area contributed by atoms with E-state index in [2.05, 4.69) is 0 Å². The fourth-order valence-corrected chi connectivity index (χ4v) is 1.87. The van der Waals surface area contributed by atoms with Crippen LogP contribution in [0.2, 0.25) is 5.82 Å². The Bertz CT molecular complexity index is 125. The van der Waals surface area contributed by atoms with Gasteiger partial charge in [-0.3, -0.25) is 0 Å². The highest BCUT2D eigenvalue weighted by molar-refractivity contribution is 6.60. The Balaban J connectivity index is 2.40. The predicted molar refractivity (Wildman–Crippen MR) is 45.1 cm³/mol. The molecule has 0 amide bonds. The fraction of sp³-hybridized carbons (Fsp3) is 1.00. The molecule has 0 N–H and O–H groups in total. The van der Waals surface area contributed by atoms with Crippen LogP contribution >= 0.6 is 0 Å². The van der Waals surface area contributed by atoms with Gasteiger partial charge in [-0.25, -0.2) is 0 Å². The summed E-state index contributed by atoms with van der Waals surface area (Å²) in [5.41, 5.74) is 0. The molecule has 1 saturated carbocycles. The number of rotatable bonds is 1. The van der Waals surface area contributed by atoms with E-state index in [1.807, 2.05) is 0 Å². The molecule has 0 nitrogen and oxygen atoms in total. The summed E-state index contributed by atoms with van der Waals surface area (Å²) in [6.45, 7) is -4.56. The third kappa shape index (κ3) is 3.07. The molecule has 0 aromatic heterocycles. The van der Waals surface area contributed by atoms with E-state index in [-0.39, 0.29) is 0 Å². The third-order valence-corrected chi connectivity index (χ3v) is 2.68. The second kappa shape index (κ2) is 4.19. The van der Waals surface area contributed by atoms with Gasteiger partial charge < -0.3 is 12.9 Å². The highest BCUT2D eigenvalue weighted by Crippen LogP contribution is 2.37. The van der Waals surface area contributed by atoms with Crippen LogP contribution in [-0.4, -0.2) is 6.98 Å². The fourth-order valence-electron chi connectivity index (χ4n) is 1.87. The van der Waals surface area contributed by atoms with Crippen LogP contribution in [0, 0.1) is 0 Å². The van der Waals surface area contributed by atoms with Gasteiger partial charge in [-0.15, -0.1) is 0 Å². The summed E-state index contributed by atoms with van der Waals surface area (Å²) in [6.07, 6.45) is 5.40. The van der Waals surface area contributed by atoms with Gasteiger partial charge in [0, 0.05) is 0 Å². The molecular formula is C8H15BF3-. The second-order valence-corrected chi connectivity index (χ2v) is 3.73. The first kappa shape index (κ1) is 9.94. The van der Waals surface area contributed by atoms with Gasteiger partial charge in [0.15, 0.2) is 0 Å². The number of halogens is 3. The minimum Gasteiger partial charge on any atom is -0.449 e. The molecule has 0 unspecified atom stereocenters. The molecule has 0 aromatic carbocycles. The summed E-state index contributed by atoms with van der Waals surface area (Å²) in [5, 5.41) is 0. The number of hydrogen-bond acceptors (Lipinski definition) is 0. The van der Waals surface area contributed by atoms with Crippen LogP contribution in [0.1, 0.15) is 44.9 Å². The SMILES string of the molecule is F[B-](F)(F)C1CCCCCCC1. The summed E-state index contributed by atoms with van der Waals surface area (Å²) < 4.78 is 37.0. The first-order valence-electron chi connectivity index (χ1n) is 4.80. The average Bonchev–Trinajstić information content (AvgIpc) is 1.81. The Hall–Kier alpha value is -0.145. The molecule has 1 aliphatic rings. The lowest BCUT2D eigenvalue weighted by Gasteiger charge is -2.28. The lowest BCUT2D eigenvalue weighted by atomic mass is 9.66. The largest absolute Gasteiger partial charge is 0.481 e. The molecule has 12 heavy (non-hydrogen) atoms. The average molecular weight is 179 g/mol. The maximum atomic E-state index is 12.3. The van der Waals surface area contributed by atoms with E-state index in [1.54, 1.807) is 0 Å². The van der Waals surface area contributed by atoms with E-state index < -0.39 is 12.8 Å². The van der Waals surface area contributed by atoms with Crippen molar-refractivity contribution in [3.63, 3.8) is 0 Å². The van der Waals surface area contributed by atoms with Gasteiger partial charge in [-0.1, -0.05) is 50.8 Å². The van der Waals surface area contributed by atoms with Crippen molar-refractivity contribution < 1.29 is 12.9 Å². The van der Waals surface area contributed by atoms with Crippen molar-refractivity contribution in [2.45, 2.75) is 50.8 Å². The van der Waals surface area contributed by atoms with E-state index in [0.29, 0.717) is 12.8 Å². The van der Waals surface area contributed by atoms with Gasteiger partial charge in [0.1, 0.15) is 0 Å². The van der Waals surface area contributed by atoms with Crippen molar-refractivity contribution in [2.24, 2.45) is 0 Å². The van der Waals surface area contributed by atoms with Crippen molar-refractivity contribution in [3.8, 4) is 0 Å². The molecule has 72 valence electrons. The minimum absolute atomic E-state index is 0.378. The van der Waals surface area contributed by atoms with Gasteiger partial charge >= 0.3 is 6.98 Å². The molecule has 0 spiro atoms. The van der Waals surface area contributed by atoms with Gasteiger partial charge in [0.2, 0.25) is 0 Å². The second-order valence-electron chi connectivity index (χ2n) is 3.73. The summed E-state index contributed by atoms with van der Waals surface area (Å²) in [5.74, 6) is -0.953. The monoisotopic (exact) mass is 179 g/mol. The van der Waals surface area contributed by atoms with E-state index >= 15 is 0 Å². The molecule has 4 heteroatoms. The standard InChI is InChI=1S/C8H15BF3/c10-9(11,12)8-6-4-2-1-3-5-7-8/h8H,1-7H2/q-1. The smallest absolute Gasteiger partial charge is 0.449 e. The highest BCUT2D eigenvalue weighted by Gasteiger charge is 2.33. The maximum absolute atomic E-state index is 12.3. The quantitative estimate of drug-likeness (QED) is 0.534. The summed E-state index contributed by atoms with van der Waals surface area (Å²) in [7, 11) is 0. The lowest BCUT2D eigenvalue weighted by molar-refractivity contribution is 0.384. The molecule has 0 aromatic rings. The van der Waals surface area contributed by atoms with Gasteiger partial charge in [0.05, 0.1) is 0 Å². The zero-order chi connectivity index (χ0) is 9.03. The maximum Gasteiger partial charge on any atom is 0.481 e. The topological polar surface area (TPSA) is 0 Å². The van der Waals surface area contributed by atoms with Crippen molar-refractivity contribution in [1.82, 2.24) is 0 Å².